The number of thiocarbonyl (C=S) groups is 1. The number of rotatable bonds is 19. The molecule has 0 bridgehead atoms. The highest BCUT2D eigenvalue weighted by Gasteiger charge is 2.23. The van der Waals surface area contributed by atoms with E-state index in [1.54, 1.807) is 14.0 Å². The summed E-state index contributed by atoms with van der Waals surface area (Å²) in [5.74, 6) is -1.06. The van der Waals surface area contributed by atoms with Crippen LogP contribution < -0.4 is 15.8 Å². The summed E-state index contributed by atoms with van der Waals surface area (Å²) in [6.07, 6.45) is 1.27. The number of carbonyl (C=O) groups is 2. The van der Waals surface area contributed by atoms with Crippen molar-refractivity contribution in [1.82, 2.24) is 5.32 Å². The predicted molar refractivity (Wildman–Crippen MR) is 156 cm³/mol. The maximum absolute atomic E-state index is 11.9. The third-order valence-corrected chi connectivity index (χ3v) is 6.18. The minimum atomic E-state index is -1.22. The monoisotopic (exact) mass is 577 g/mol. The molecule has 11 nitrogen and oxygen atoms in total. The molecular weight excluding hydrogens is 538 g/mol. The Balaban J connectivity index is 1.49. The standard InChI is InChI=1S/C28H39N3O8S/c1-19(4-5-21-6-7-23-17-24(35-3)9-8-22(23)16-21)31-39-15-13-37-11-10-36-12-14-38-26(32)18-25(28(33)34)30-27(40)20(2)29/h6-9,16-17,20,25H,4-5,10-15,18,29H2,1-3H3,(H,30,40)(H,33,34)/b31-19+/t20-,25-/m0/s1. The number of hydrogen-bond acceptors (Lipinski definition) is 10. The van der Waals surface area contributed by atoms with Gasteiger partial charge < -0.3 is 39.9 Å². The van der Waals surface area contributed by atoms with Crippen LogP contribution >= 0.6 is 12.2 Å². The Hall–Kier alpha value is -3.32. The molecule has 0 aliphatic heterocycles. The van der Waals surface area contributed by atoms with Gasteiger partial charge in [0.1, 0.15) is 25.0 Å². The number of carbonyl (C=O) groups excluding carboxylic acids is 1. The topological polar surface area (TPSA) is 151 Å². The van der Waals surface area contributed by atoms with Crippen LogP contribution in [-0.4, -0.2) is 86.6 Å². The van der Waals surface area contributed by atoms with Crippen LogP contribution in [0.4, 0.5) is 0 Å². The highest BCUT2D eigenvalue weighted by Crippen LogP contribution is 2.22. The Labute approximate surface area is 239 Å². The number of esters is 1. The molecule has 0 unspecified atom stereocenters. The van der Waals surface area contributed by atoms with E-state index >= 15 is 0 Å². The van der Waals surface area contributed by atoms with Crippen molar-refractivity contribution in [1.29, 1.82) is 0 Å². The van der Waals surface area contributed by atoms with Crippen LogP contribution in [0.5, 0.6) is 5.75 Å². The Morgan fingerprint density at radius 3 is 2.35 bits per heavy atom. The van der Waals surface area contributed by atoms with Crippen LogP contribution in [-0.2, 0) is 35.1 Å². The molecule has 0 saturated carbocycles. The van der Waals surface area contributed by atoms with Gasteiger partial charge in [0, 0.05) is 0 Å². The fourth-order valence-electron chi connectivity index (χ4n) is 3.44. The number of nitrogens with one attached hydrogen (secondary N) is 1. The van der Waals surface area contributed by atoms with E-state index in [2.05, 4.69) is 34.7 Å². The van der Waals surface area contributed by atoms with Gasteiger partial charge in [0.05, 0.1) is 56.7 Å². The van der Waals surface area contributed by atoms with Crippen molar-refractivity contribution < 1.29 is 38.5 Å². The molecule has 2 aromatic carbocycles. The van der Waals surface area contributed by atoms with Gasteiger partial charge in [-0.15, -0.1) is 0 Å². The fourth-order valence-corrected chi connectivity index (χ4v) is 3.59. The molecule has 0 heterocycles. The number of aliphatic carboxylic acids is 1. The fraction of sp³-hybridized carbons (Fsp3) is 0.500. The van der Waals surface area contributed by atoms with Crippen LogP contribution in [0.15, 0.2) is 41.6 Å². The molecule has 0 radical (unpaired) electrons. The van der Waals surface area contributed by atoms with E-state index in [0.29, 0.717) is 26.4 Å². The van der Waals surface area contributed by atoms with Crippen molar-refractivity contribution in [2.24, 2.45) is 10.9 Å². The van der Waals surface area contributed by atoms with Crippen LogP contribution in [0.3, 0.4) is 0 Å². The van der Waals surface area contributed by atoms with E-state index in [-0.39, 0.29) is 24.6 Å². The summed E-state index contributed by atoms with van der Waals surface area (Å²) in [6.45, 7) is 5.02. The second-order valence-corrected chi connectivity index (χ2v) is 9.48. The third-order valence-electron chi connectivity index (χ3n) is 5.69. The number of hydrogen-bond donors (Lipinski definition) is 3. The number of aryl methyl sites for hydroxylation is 1. The summed E-state index contributed by atoms with van der Waals surface area (Å²) in [5.41, 5.74) is 7.72. The average Bonchev–Trinajstić information content (AvgIpc) is 2.93. The van der Waals surface area contributed by atoms with Crippen molar-refractivity contribution in [2.75, 3.05) is 46.8 Å². The van der Waals surface area contributed by atoms with Gasteiger partial charge in [-0.25, -0.2) is 4.79 Å². The summed E-state index contributed by atoms with van der Waals surface area (Å²) in [5, 5.41) is 18.2. The second kappa shape index (κ2) is 18.1. The Morgan fingerprint density at radius 2 is 1.68 bits per heavy atom. The number of nitrogens with two attached hydrogens (primary N) is 1. The van der Waals surface area contributed by atoms with Gasteiger partial charge in [-0.1, -0.05) is 41.6 Å². The molecule has 0 saturated heterocycles. The molecule has 0 spiro atoms. The molecule has 40 heavy (non-hydrogen) atoms. The lowest BCUT2D eigenvalue weighted by Gasteiger charge is -2.17. The van der Waals surface area contributed by atoms with Gasteiger partial charge in [0.25, 0.3) is 0 Å². The first-order valence-electron chi connectivity index (χ1n) is 13.0. The third kappa shape index (κ3) is 12.7. The molecule has 0 aliphatic carbocycles. The van der Waals surface area contributed by atoms with E-state index in [1.807, 2.05) is 19.1 Å². The lowest BCUT2D eigenvalue weighted by molar-refractivity contribution is -0.150. The maximum atomic E-state index is 11.9. The number of oxime groups is 1. The molecule has 2 aromatic rings. The largest absolute Gasteiger partial charge is 0.497 e. The molecule has 2 atom stereocenters. The molecular formula is C28H39N3O8S. The Kier molecular flexibility index (Phi) is 14.9. The van der Waals surface area contributed by atoms with Crippen molar-refractivity contribution in [3.05, 3.63) is 42.0 Å². The number of carboxylic acids is 1. The van der Waals surface area contributed by atoms with Crippen LogP contribution in [0.1, 0.15) is 32.3 Å². The molecule has 4 N–H and O–H groups in total. The highest BCUT2D eigenvalue weighted by molar-refractivity contribution is 7.80. The zero-order valence-electron chi connectivity index (χ0n) is 23.2. The second-order valence-electron chi connectivity index (χ2n) is 9.04. The van der Waals surface area contributed by atoms with Crippen molar-refractivity contribution in [3.63, 3.8) is 0 Å². The summed E-state index contributed by atoms with van der Waals surface area (Å²) >= 11 is 4.96. The summed E-state index contributed by atoms with van der Waals surface area (Å²) in [4.78, 5) is 28.6. The van der Waals surface area contributed by atoms with Crippen molar-refractivity contribution >= 4 is 45.6 Å². The van der Waals surface area contributed by atoms with Crippen LogP contribution in [0.2, 0.25) is 0 Å². The molecule has 0 fully saturated rings. The SMILES string of the molecule is COc1ccc2cc(CC/C(C)=N/OCCOCCOCCOC(=O)C[C@H](NC(=S)[C@H](C)N)C(=O)O)ccc2c1. The number of fused-ring (bicyclic) bond motifs is 1. The first kappa shape index (κ1) is 32.9. The minimum absolute atomic E-state index is 0.00599. The number of benzene rings is 2. The molecule has 0 aromatic heterocycles. The lowest BCUT2D eigenvalue weighted by Crippen LogP contribution is -2.47. The van der Waals surface area contributed by atoms with E-state index in [1.165, 1.54) is 10.9 Å². The van der Waals surface area contributed by atoms with Crippen molar-refractivity contribution in [3.8, 4) is 5.75 Å². The Morgan fingerprint density at radius 1 is 1.02 bits per heavy atom. The highest BCUT2D eigenvalue weighted by atomic mass is 32.1. The molecule has 12 heteroatoms. The number of nitrogens with zero attached hydrogens (tertiary/aromatic N) is 1. The van der Waals surface area contributed by atoms with E-state index in [9.17, 15) is 14.7 Å². The van der Waals surface area contributed by atoms with Gasteiger partial charge in [0.15, 0.2) is 0 Å². The summed E-state index contributed by atoms with van der Waals surface area (Å²) < 4.78 is 21.1. The minimum Gasteiger partial charge on any atom is -0.497 e. The lowest BCUT2D eigenvalue weighted by atomic mass is 10.0. The van der Waals surface area contributed by atoms with E-state index in [4.69, 9.17) is 41.7 Å². The Bertz CT molecular complexity index is 1140. The zero-order chi connectivity index (χ0) is 29.3. The van der Waals surface area contributed by atoms with Gasteiger partial charge in [-0.05, 0) is 55.2 Å². The normalized spacial score (nSPS) is 12.9. The predicted octanol–water partition coefficient (Wildman–Crippen LogP) is 2.86. The summed E-state index contributed by atoms with van der Waals surface area (Å²) in [6, 6.07) is 10.7. The van der Waals surface area contributed by atoms with Crippen molar-refractivity contribution in [2.45, 2.75) is 45.2 Å². The van der Waals surface area contributed by atoms with Gasteiger partial charge >= 0.3 is 11.9 Å². The zero-order valence-corrected chi connectivity index (χ0v) is 24.0. The first-order chi connectivity index (χ1) is 19.2. The maximum Gasteiger partial charge on any atom is 0.326 e. The van der Waals surface area contributed by atoms with Gasteiger partial charge in [-0.3, -0.25) is 4.79 Å². The quantitative estimate of drug-likeness (QED) is 0.0743. The van der Waals surface area contributed by atoms with Gasteiger partial charge in [-0.2, -0.15) is 0 Å². The smallest absolute Gasteiger partial charge is 0.326 e. The molecule has 220 valence electrons. The van der Waals surface area contributed by atoms with E-state index in [0.717, 1.165) is 29.7 Å². The summed E-state index contributed by atoms with van der Waals surface area (Å²) in [7, 11) is 1.66. The number of ether oxygens (including phenoxy) is 4. The first-order valence-corrected chi connectivity index (χ1v) is 13.4. The molecule has 0 aliphatic rings. The average molecular weight is 578 g/mol. The van der Waals surface area contributed by atoms with Crippen LogP contribution in [0.25, 0.3) is 10.8 Å². The molecule has 2 rings (SSSR count). The number of methoxy groups -OCH3 is 1. The van der Waals surface area contributed by atoms with E-state index < -0.39 is 24.0 Å². The molecule has 0 amide bonds. The number of carboxylic acid groups (broad SMARTS) is 1. The van der Waals surface area contributed by atoms with Gasteiger partial charge in [0.2, 0.25) is 0 Å². The van der Waals surface area contributed by atoms with Crippen LogP contribution in [0, 0.1) is 0 Å².